The van der Waals surface area contributed by atoms with Crippen molar-refractivity contribution in [2.75, 3.05) is 26.2 Å². The first-order valence-electron chi connectivity index (χ1n) is 6.46. The Morgan fingerprint density at radius 3 is 2.78 bits per heavy atom. The number of carboxylic acids is 1. The normalized spacial score (nSPS) is 16.2. The molecule has 5 heteroatoms. The van der Waals surface area contributed by atoms with Crippen LogP contribution in [0.1, 0.15) is 22.6 Å². The van der Waals surface area contributed by atoms with Gasteiger partial charge < -0.3 is 15.3 Å². The second-order valence-corrected chi connectivity index (χ2v) is 5.92. The van der Waals surface area contributed by atoms with E-state index < -0.39 is 5.97 Å². The van der Waals surface area contributed by atoms with E-state index in [2.05, 4.69) is 10.2 Å². The highest BCUT2D eigenvalue weighted by atomic mass is 32.1. The average Bonchev–Trinajstić information content (AvgIpc) is 2.95. The third-order valence-electron chi connectivity index (χ3n) is 3.15. The number of thiophene rings is 1. The fraction of sp³-hybridized carbons (Fsp3) is 0.615. The third kappa shape index (κ3) is 4.40. The second kappa shape index (κ2) is 6.87. The van der Waals surface area contributed by atoms with E-state index in [0.717, 1.165) is 24.5 Å². The summed E-state index contributed by atoms with van der Waals surface area (Å²) in [6.45, 7) is 5.45. The topological polar surface area (TPSA) is 52.6 Å². The lowest BCUT2D eigenvalue weighted by Crippen LogP contribution is -2.29. The van der Waals surface area contributed by atoms with Gasteiger partial charge in [0.15, 0.2) is 0 Å². The SMILES string of the molecule is O=C(O)Cc1ccc(CNCCN2CCCC2)s1. The molecule has 0 amide bonds. The molecule has 1 fully saturated rings. The first-order chi connectivity index (χ1) is 8.74. The summed E-state index contributed by atoms with van der Waals surface area (Å²) in [7, 11) is 0. The van der Waals surface area contributed by atoms with E-state index in [9.17, 15) is 4.79 Å². The van der Waals surface area contributed by atoms with Gasteiger partial charge >= 0.3 is 5.97 Å². The number of carbonyl (C=O) groups is 1. The largest absolute Gasteiger partial charge is 0.481 e. The van der Waals surface area contributed by atoms with Crippen LogP contribution in [0.15, 0.2) is 12.1 Å². The molecule has 1 aromatic rings. The maximum atomic E-state index is 10.6. The minimum atomic E-state index is -0.759. The van der Waals surface area contributed by atoms with Crippen LogP contribution in [0.4, 0.5) is 0 Å². The highest BCUT2D eigenvalue weighted by Crippen LogP contribution is 2.16. The maximum absolute atomic E-state index is 10.6. The Hall–Kier alpha value is -0.910. The van der Waals surface area contributed by atoms with Gasteiger partial charge in [0.1, 0.15) is 0 Å². The minimum Gasteiger partial charge on any atom is -0.481 e. The van der Waals surface area contributed by atoms with Gasteiger partial charge in [-0.3, -0.25) is 4.79 Å². The van der Waals surface area contributed by atoms with Gasteiger partial charge in [0.2, 0.25) is 0 Å². The van der Waals surface area contributed by atoms with Crippen molar-refractivity contribution in [3.8, 4) is 0 Å². The third-order valence-corrected chi connectivity index (χ3v) is 4.23. The van der Waals surface area contributed by atoms with Crippen molar-refractivity contribution in [1.29, 1.82) is 0 Å². The Morgan fingerprint density at radius 1 is 1.33 bits per heavy atom. The Bertz CT molecular complexity index is 386. The molecule has 2 N–H and O–H groups in total. The van der Waals surface area contributed by atoms with Crippen molar-refractivity contribution >= 4 is 17.3 Å². The molecular weight excluding hydrogens is 248 g/mol. The lowest BCUT2D eigenvalue weighted by atomic mass is 10.3. The summed E-state index contributed by atoms with van der Waals surface area (Å²) in [6.07, 6.45) is 2.81. The van der Waals surface area contributed by atoms with Crippen molar-refractivity contribution in [3.63, 3.8) is 0 Å². The molecular formula is C13H20N2O2S. The van der Waals surface area contributed by atoms with Crippen LogP contribution >= 0.6 is 11.3 Å². The second-order valence-electron chi connectivity index (χ2n) is 4.66. The van der Waals surface area contributed by atoms with Crippen molar-refractivity contribution in [2.45, 2.75) is 25.8 Å². The van der Waals surface area contributed by atoms with Crippen molar-refractivity contribution in [1.82, 2.24) is 10.2 Å². The summed E-state index contributed by atoms with van der Waals surface area (Å²) in [4.78, 5) is 15.2. The quantitative estimate of drug-likeness (QED) is 0.737. The Morgan fingerprint density at radius 2 is 2.06 bits per heavy atom. The van der Waals surface area contributed by atoms with Gasteiger partial charge in [0.05, 0.1) is 6.42 Å². The maximum Gasteiger partial charge on any atom is 0.308 e. The molecule has 0 aliphatic carbocycles. The number of nitrogens with zero attached hydrogens (tertiary/aromatic N) is 1. The monoisotopic (exact) mass is 268 g/mol. The number of hydrogen-bond acceptors (Lipinski definition) is 4. The first-order valence-corrected chi connectivity index (χ1v) is 7.28. The summed E-state index contributed by atoms with van der Waals surface area (Å²) < 4.78 is 0. The molecule has 0 radical (unpaired) electrons. The van der Waals surface area contributed by atoms with Gasteiger partial charge in [-0.05, 0) is 38.1 Å². The average molecular weight is 268 g/mol. The van der Waals surface area contributed by atoms with E-state index in [1.54, 1.807) is 11.3 Å². The Labute approximate surface area is 112 Å². The number of hydrogen-bond donors (Lipinski definition) is 2. The molecule has 100 valence electrons. The molecule has 1 aromatic heterocycles. The highest BCUT2D eigenvalue weighted by molar-refractivity contribution is 7.12. The molecule has 1 aliphatic heterocycles. The number of aliphatic carboxylic acids is 1. The van der Waals surface area contributed by atoms with E-state index in [4.69, 9.17) is 5.11 Å². The van der Waals surface area contributed by atoms with Crippen LogP contribution in [0.3, 0.4) is 0 Å². The molecule has 0 unspecified atom stereocenters. The molecule has 0 atom stereocenters. The van der Waals surface area contributed by atoms with E-state index >= 15 is 0 Å². The summed E-state index contributed by atoms with van der Waals surface area (Å²) >= 11 is 1.59. The lowest BCUT2D eigenvalue weighted by molar-refractivity contribution is -0.136. The van der Waals surface area contributed by atoms with Gasteiger partial charge in [-0.2, -0.15) is 0 Å². The standard InChI is InChI=1S/C13H20N2O2S/c16-13(17)9-11-3-4-12(18-11)10-14-5-8-15-6-1-2-7-15/h3-4,14H,1-2,5-10H2,(H,16,17). The molecule has 0 bridgehead atoms. The van der Waals surface area contributed by atoms with E-state index in [0.29, 0.717) is 0 Å². The molecule has 4 nitrogen and oxygen atoms in total. The fourth-order valence-electron chi connectivity index (χ4n) is 2.22. The molecule has 1 saturated heterocycles. The van der Waals surface area contributed by atoms with Crippen LogP contribution in [-0.4, -0.2) is 42.2 Å². The molecule has 0 saturated carbocycles. The molecule has 18 heavy (non-hydrogen) atoms. The fourth-order valence-corrected chi connectivity index (χ4v) is 3.20. The van der Waals surface area contributed by atoms with Gasteiger partial charge in [0.25, 0.3) is 0 Å². The van der Waals surface area contributed by atoms with Crippen molar-refractivity contribution in [2.24, 2.45) is 0 Å². The lowest BCUT2D eigenvalue weighted by Gasteiger charge is -2.14. The Kier molecular flexibility index (Phi) is 5.16. The first kappa shape index (κ1) is 13.5. The smallest absolute Gasteiger partial charge is 0.308 e. The number of nitrogens with one attached hydrogen (secondary N) is 1. The van der Waals surface area contributed by atoms with Crippen LogP contribution in [0.5, 0.6) is 0 Å². The van der Waals surface area contributed by atoms with Crippen LogP contribution < -0.4 is 5.32 Å². The van der Waals surface area contributed by atoms with Crippen LogP contribution in [0, 0.1) is 0 Å². The summed E-state index contributed by atoms with van der Waals surface area (Å²) in [5, 5.41) is 12.1. The predicted octanol–water partition coefficient (Wildman–Crippen LogP) is 1.56. The number of likely N-dealkylation sites (tertiary alicyclic amines) is 1. The van der Waals surface area contributed by atoms with Gasteiger partial charge in [-0.15, -0.1) is 11.3 Å². The summed E-state index contributed by atoms with van der Waals surface area (Å²) in [5.74, 6) is -0.759. The van der Waals surface area contributed by atoms with Gasteiger partial charge in [-0.1, -0.05) is 0 Å². The number of rotatable bonds is 7. The zero-order valence-electron chi connectivity index (χ0n) is 10.5. The van der Waals surface area contributed by atoms with Gasteiger partial charge in [0, 0.05) is 29.4 Å². The zero-order valence-corrected chi connectivity index (χ0v) is 11.3. The van der Waals surface area contributed by atoms with Crippen LogP contribution in [0.25, 0.3) is 0 Å². The van der Waals surface area contributed by atoms with Crippen molar-refractivity contribution < 1.29 is 9.90 Å². The minimum absolute atomic E-state index is 0.137. The van der Waals surface area contributed by atoms with Crippen LogP contribution in [-0.2, 0) is 17.8 Å². The van der Waals surface area contributed by atoms with E-state index in [1.165, 1.54) is 30.8 Å². The van der Waals surface area contributed by atoms with Crippen molar-refractivity contribution in [3.05, 3.63) is 21.9 Å². The molecule has 0 spiro atoms. The van der Waals surface area contributed by atoms with Crippen LogP contribution in [0.2, 0.25) is 0 Å². The highest BCUT2D eigenvalue weighted by Gasteiger charge is 2.10. The number of carboxylic acid groups (broad SMARTS) is 1. The summed E-state index contributed by atoms with van der Waals surface area (Å²) in [6, 6.07) is 3.93. The summed E-state index contributed by atoms with van der Waals surface area (Å²) in [5.41, 5.74) is 0. The van der Waals surface area contributed by atoms with E-state index in [1.807, 2.05) is 12.1 Å². The molecule has 1 aliphatic rings. The predicted molar refractivity (Wildman–Crippen MR) is 73.0 cm³/mol. The van der Waals surface area contributed by atoms with Gasteiger partial charge in [-0.25, -0.2) is 0 Å². The Balaban J connectivity index is 1.63. The van der Waals surface area contributed by atoms with E-state index in [-0.39, 0.29) is 6.42 Å². The zero-order chi connectivity index (χ0) is 12.8. The molecule has 2 heterocycles. The molecule has 2 rings (SSSR count). The molecule has 0 aromatic carbocycles.